The van der Waals surface area contributed by atoms with E-state index < -0.39 is 23.2 Å². The van der Waals surface area contributed by atoms with Crippen molar-refractivity contribution in [1.82, 2.24) is 0 Å². The number of hydrogen-bond donors (Lipinski definition) is 2. The van der Waals surface area contributed by atoms with Gasteiger partial charge in [0.05, 0.1) is 28.4 Å². The van der Waals surface area contributed by atoms with Crippen LogP contribution in [0.25, 0.3) is 0 Å². The number of nitrogens with one attached hydrogen (secondary N) is 1. The van der Waals surface area contributed by atoms with Crippen LogP contribution in [0.15, 0.2) is 18.2 Å². The van der Waals surface area contributed by atoms with Gasteiger partial charge in [0.15, 0.2) is 0 Å². The Labute approximate surface area is 113 Å². The number of alkyl halides is 3. The van der Waals surface area contributed by atoms with Gasteiger partial charge in [-0.05, 0) is 37.5 Å². The third-order valence-corrected chi connectivity index (χ3v) is 3.40. The lowest BCUT2D eigenvalue weighted by Crippen LogP contribution is -2.56. The Morgan fingerprint density at radius 3 is 2.50 bits per heavy atom. The van der Waals surface area contributed by atoms with Gasteiger partial charge in [-0.25, -0.2) is 0 Å². The number of amides is 1. The maximum absolute atomic E-state index is 12.9. The molecular formula is C13H12F3N3O. The number of rotatable bonds is 2. The molecule has 1 amide bonds. The molecule has 0 aliphatic heterocycles. The van der Waals surface area contributed by atoms with E-state index in [0.717, 1.165) is 12.5 Å². The molecule has 1 aromatic rings. The fourth-order valence-electron chi connectivity index (χ4n) is 1.99. The number of carbonyl (C=O) groups excluding carboxylic acids is 1. The normalized spacial score (nSPS) is 16.9. The number of nitriles is 1. The lowest BCUT2D eigenvalue weighted by atomic mass is 9.77. The fourth-order valence-corrected chi connectivity index (χ4v) is 1.99. The van der Waals surface area contributed by atoms with Crippen LogP contribution in [0.4, 0.5) is 18.9 Å². The molecule has 20 heavy (non-hydrogen) atoms. The molecule has 1 fully saturated rings. The van der Waals surface area contributed by atoms with Crippen molar-refractivity contribution in [1.29, 1.82) is 5.26 Å². The Bertz CT molecular complexity index is 586. The second-order valence-electron chi connectivity index (χ2n) is 4.83. The molecule has 3 N–H and O–H groups in total. The molecule has 0 unspecified atom stereocenters. The Kier molecular flexibility index (Phi) is 3.44. The number of hydrogen-bond acceptors (Lipinski definition) is 3. The van der Waals surface area contributed by atoms with Crippen LogP contribution in [0, 0.1) is 11.3 Å². The summed E-state index contributed by atoms with van der Waals surface area (Å²) < 4.78 is 38.7. The molecule has 1 saturated carbocycles. The molecule has 0 spiro atoms. The summed E-state index contributed by atoms with van der Waals surface area (Å²) in [5.41, 5.74) is 3.13. The molecule has 0 saturated heterocycles. The molecule has 1 aromatic carbocycles. The summed E-state index contributed by atoms with van der Waals surface area (Å²) in [6, 6.07) is 4.63. The van der Waals surface area contributed by atoms with E-state index in [9.17, 15) is 18.0 Å². The first-order chi connectivity index (χ1) is 9.26. The molecule has 106 valence electrons. The number of nitrogens with zero attached hydrogens (tertiary/aromatic N) is 1. The van der Waals surface area contributed by atoms with Crippen molar-refractivity contribution in [2.24, 2.45) is 5.73 Å². The average Bonchev–Trinajstić information content (AvgIpc) is 2.35. The summed E-state index contributed by atoms with van der Waals surface area (Å²) >= 11 is 0. The number of anilines is 1. The van der Waals surface area contributed by atoms with Gasteiger partial charge in [-0.1, -0.05) is 0 Å². The van der Waals surface area contributed by atoms with Gasteiger partial charge in [-0.15, -0.1) is 0 Å². The zero-order valence-corrected chi connectivity index (χ0v) is 10.4. The molecule has 0 bridgehead atoms. The first-order valence-corrected chi connectivity index (χ1v) is 5.98. The van der Waals surface area contributed by atoms with Crippen molar-refractivity contribution in [3.63, 3.8) is 0 Å². The topological polar surface area (TPSA) is 78.9 Å². The number of halogens is 3. The van der Waals surface area contributed by atoms with Crippen LogP contribution in [0.1, 0.15) is 30.4 Å². The third-order valence-electron chi connectivity index (χ3n) is 3.40. The van der Waals surface area contributed by atoms with Gasteiger partial charge in [0.2, 0.25) is 5.91 Å². The van der Waals surface area contributed by atoms with Gasteiger partial charge in [0.25, 0.3) is 0 Å². The monoisotopic (exact) mass is 283 g/mol. The fraction of sp³-hybridized carbons (Fsp3) is 0.385. The zero-order chi connectivity index (χ0) is 15.0. The van der Waals surface area contributed by atoms with E-state index >= 15 is 0 Å². The van der Waals surface area contributed by atoms with Gasteiger partial charge >= 0.3 is 6.18 Å². The van der Waals surface area contributed by atoms with Crippen molar-refractivity contribution in [3.8, 4) is 6.07 Å². The molecule has 7 heteroatoms. The molecule has 0 aromatic heterocycles. The number of carbonyl (C=O) groups is 1. The van der Waals surface area contributed by atoms with Crippen molar-refractivity contribution >= 4 is 11.6 Å². The van der Waals surface area contributed by atoms with Crippen molar-refractivity contribution in [2.45, 2.75) is 31.0 Å². The summed E-state index contributed by atoms with van der Waals surface area (Å²) in [6.07, 6.45) is -2.97. The lowest BCUT2D eigenvalue weighted by Gasteiger charge is -2.36. The lowest BCUT2D eigenvalue weighted by molar-refractivity contribution is -0.137. The van der Waals surface area contributed by atoms with E-state index in [1.165, 1.54) is 6.07 Å². The van der Waals surface area contributed by atoms with Crippen LogP contribution in [-0.2, 0) is 11.0 Å². The molecule has 1 aliphatic rings. The first-order valence-electron chi connectivity index (χ1n) is 5.98. The molecule has 2 rings (SSSR count). The van der Waals surface area contributed by atoms with Crippen LogP contribution >= 0.6 is 0 Å². The summed E-state index contributed by atoms with van der Waals surface area (Å²) in [7, 11) is 0. The van der Waals surface area contributed by atoms with Gasteiger partial charge < -0.3 is 11.1 Å². The summed E-state index contributed by atoms with van der Waals surface area (Å²) in [5, 5.41) is 10.9. The van der Waals surface area contributed by atoms with Crippen LogP contribution in [0.2, 0.25) is 0 Å². The SMILES string of the molecule is N#Cc1ccc(NC(=O)C2(N)CCC2)c(C(F)(F)F)c1. The highest BCUT2D eigenvalue weighted by molar-refractivity contribution is 5.99. The van der Waals surface area contributed by atoms with E-state index in [4.69, 9.17) is 11.0 Å². The number of nitrogens with two attached hydrogens (primary N) is 1. The Morgan fingerprint density at radius 2 is 2.05 bits per heavy atom. The summed E-state index contributed by atoms with van der Waals surface area (Å²) in [4.78, 5) is 11.9. The van der Waals surface area contributed by atoms with Gasteiger partial charge in [-0.3, -0.25) is 4.79 Å². The Balaban J connectivity index is 2.32. The minimum absolute atomic E-state index is 0.124. The van der Waals surface area contributed by atoms with Crippen molar-refractivity contribution in [3.05, 3.63) is 29.3 Å². The smallest absolute Gasteiger partial charge is 0.324 e. The standard InChI is InChI=1S/C13H12F3N3O/c14-13(15,16)9-6-8(7-17)2-3-10(9)19-11(20)12(18)4-1-5-12/h2-3,6H,1,4-5,18H2,(H,19,20). The minimum Gasteiger partial charge on any atom is -0.324 e. The van der Waals surface area contributed by atoms with Crippen LogP contribution in [0.3, 0.4) is 0 Å². The number of benzene rings is 1. The van der Waals surface area contributed by atoms with E-state index in [2.05, 4.69) is 5.32 Å². The highest BCUT2D eigenvalue weighted by Gasteiger charge is 2.41. The highest BCUT2D eigenvalue weighted by Crippen LogP contribution is 2.37. The highest BCUT2D eigenvalue weighted by atomic mass is 19.4. The first kappa shape index (κ1) is 14.3. The van der Waals surface area contributed by atoms with E-state index in [0.29, 0.717) is 18.9 Å². The van der Waals surface area contributed by atoms with Gasteiger partial charge in [-0.2, -0.15) is 18.4 Å². The molecular weight excluding hydrogens is 271 g/mol. The van der Waals surface area contributed by atoms with Crippen molar-refractivity contribution < 1.29 is 18.0 Å². The predicted molar refractivity (Wildman–Crippen MR) is 65.6 cm³/mol. The molecule has 0 atom stereocenters. The largest absolute Gasteiger partial charge is 0.418 e. The maximum Gasteiger partial charge on any atom is 0.418 e. The Hall–Kier alpha value is -2.07. The van der Waals surface area contributed by atoms with E-state index in [1.807, 2.05) is 0 Å². The quantitative estimate of drug-likeness (QED) is 0.874. The van der Waals surface area contributed by atoms with E-state index in [-0.39, 0.29) is 11.3 Å². The predicted octanol–water partition coefficient (Wildman–Crippen LogP) is 2.40. The zero-order valence-electron chi connectivity index (χ0n) is 10.4. The maximum atomic E-state index is 12.9. The van der Waals surface area contributed by atoms with E-state index in [1.54, 1.807) is 6.07 Å². The minimum atomic E-state index is -4.66. The second-order valence-corrected chi connectivity index (χ2v) is 4.83. The molecule has 1 aliphatic carbocycles. The Morgan fingerprint density at radius 1 is 1.40 bits per heavy atom. The summed E-state index contributed by atoms with van der Waals surface area (Å²) in [5.74, 6) is -0.626. The second kappa shape index (κ2) is 4.80. The van der Waals surface area contributed by atoms with Gasteiger partial charge in [0, 0.05) is 0 Å². The molecule has 0 heterocycles. The van der Waals surface area contributed by atoms with Crippen LogP contribution in [0.5, 0.6) is 0 Å². The molecule has 4 nitrogen and oxygen atoms in total. The molecule has 0 radical (unpaired) electrons. The van der Waals surface area contributed by atoms with Crippen molar-refractivity contribution in [2.75, 3.05) is 5.32 Å². The summed E-state index contributed by atoms with van der Waals surface area (Å²) in [6.45, 7) is 0. The van der Waals surface area contributed by atoms with Gasteiger partial charge in [0.1, 0.15) is 0 Å². The van der Waals surface area contributed by atoms with Crippen LogP contribution < -0.4 is 11.1 Å². The van der Waals surface area contributed by atoms with Crippen LogP contribution in [-0.4, -0.2) is 11.4 Å². The average molecular weight is 283 g/mol. The third kappa shape index (κ3) is 2.60.